The smallest absolute Gasteiger partial charge is 0.319 e. The minimum atomic E-state index is -0.362. The molecule has 0 saturated heterocycles. The first-order valence-electron chi connectivity index (χ1n) is 7.41. The van der Waals surface area contributed by atoms with Crippen LogP contribution in [0.1, 0.15) is 11.4 Å². The highest BCUT2D eigenvalue weighted by Gasteiger charge is 2.08. The first-order valence-corrected chi connectivity index (χ1v) is 7.79. The second-order valence-electron chi connectivity index (χ2n) is 5.11. The molecule has 2 heterocycles. The number of carbonyl (C=O) groups excluding carboxylic acids is 1. The third-order valence-electron chi connectivity index (χ3n) is 3.41. The molecule has 6 nitrogen and oxygen atoms in total. The number of halogens is 1. The lowest BCUT2D eigenvalue weighted by Crippen LogP contribution is -2.29. The maximum atomic E-state index is 12.0. The molecule has 122 valence electrons. The monoisotopic (exact) mass is 341 g/mol. The third kappa shape index (κ3) is 4.11. The van der Waals surface area contributed by atoms with Gasteiger partial charge in [0.1, 0.15) is 5.82 Å². The van der Waals surface area contributed by atoms with E-state index in [2.05, 4.69) is 20.6 Å². The number of urea groups is 1. The van der Waals surface area contributed by atoms with E-state index in [-0.39, 0.29) is 11.2 Å². The Labute approximate surface area is 144 Å². The van der Waals surface area contributed by atoms with Crippen molar-refractivity contribution in [2.75, 3.05) is 5.32 Å². The van der Waals surface area contributed by atoms with Crippen LogP contribution in [0.15, 0.2) is 61.1 Å². The molecule has 3 rings (SSSR count). The van der Waals surface area contributed by atoms with Crippen molar-refractivity contribution in [2.45, 2.75) is 13.1 Å². The molecule has 0 spiro atoms. The number of hydrogen-bond donors (Lipinski definition) is 2. The van der Waals surface area contributed by atoms with E-state index in [1.807, 2.05) is 41.1 Å². The van der Waals surface area contributed by atoms with E-state index in [1.165, 1.54) is 5.56 Å². The summed E-state index contributed by atoms with van der Waals surface area (Å²) in [4.78, 5) is 20.2. The number of imidazole rings is 1. The van der Waals surface area contributed by atoms with Crippen molar-refractivity contribution in [2.24, 2.45) is 0 Å². The average Bonchev–Trinajstić information content (AvgIpc) is 3.03. The fraction of sp³-hybridized carbons (Fsp3) is 0.118. The first kappa shape index (κ1) is 16.0. The molecule has 0 bridgehead atoms. The topological polar surface area (TPSA) is 71.8 Å². The lowest BCUT2D eigenvalue weighted by Gasteiger charge is -2.10. The molecule has 0 radical (unpaired) electrons. The lowest BCUT2D eigenvalue weighted by atomic mass is 10.2. The van der Waals surface area contributed by atoms with Crippen LogP contribution in [-0.2, 0) is 13.1 Å². The van der Waals surface area contributed by atoms with E-state index in [0.29, 0.717) is 18.8 Å². The zero-order chi connectivity index (χ0) is 16.8. The summed E-state index contributed by atoms with van der Waals surface area (Å²) in [5.74, 6) is 0.770. The molecule has 24 heavy (non-hydrogen) atoms. The van der Waals surface area contributed by atoms with Gasteiger partial charge in [-0.3, -0.25) is 0 Å². The van der Waals surface area contributed by atoms with Gasteiger partial charge in [0.25, 0.3) is 0 Å². The van der Waals surface area contributed by atoms with Gasteiger partial charge >= 0.3 is 6.03 Å². The van der Waals surface area contributed by atoms with Gasteiger partial charge in [-0.05, 0) is 17.7 Å². The molecule has 3 aromatic rings. The Bertz CT molecular complexity index is 819. The van der Waals surface area contributed by atoms with Crippen LogP contribution in [0.5, 0.6) is 0 Å². The van der Waals surface area contributed by atoms with Gasteiger partial charge < -0.3 is 15.2 Å². The van der Waals surface area contributed by atoms with Crippen LogP contribution in [0.4, 0.5) is 10.5 Å². The molecular formula is C17H16ClN5O. The summed E-state index contributed by atoms with van der Waals surface area (Å²) in [6, 6.07) is 13.1. The standard InChI is InChI=1S/C17H16ClN5O/c18-16-14(7-4-8-20-16)22-17(24)21-11-15-19-9-10-23(15)12-13-5-2-1-3-6-13/h1-10H,11-12H2,(H2,21,22,24). The number of carbonyl (C=O) groups is 1. The number of benzene rings is 1. The van der Waals surface area contributed by atoms with Gasteiger partial charge in [0.2, 0.25) is 0 Å². The molecule has 0 aliphatic carbocycles. The Morgan fingerprint density at radius 1 is 1.08 bits per heavy atom. The SMILES string of the molecule is O=C(NCc1nccn1Cc1ccccc1)Nc1cccnc1Cl. The minimum absolute atomic E-state index is 0.248. The molecule has 1 aromatic carbocycles. The average molecular weight is 342 g/mol. The Hall–Kier alpha value is -2.86. The van der Waals surface area contributed by atoms with E-state index in [1.54, 1.807) is 24.5 Å². The third-order valence-corrected chi connectivity index (χ3v) is 3.71. The lowest BCUT2D eigenvalue weighted by molar-refractivity contribution is 0.251. The number of hydrogen-bond acceptors (Lipinski definition) is 3. The number of pyridine rings is 1. The van der Waals surface area contributed by atoms with Gasteiger partial charge in [-0.25, -0.2) is 14.8 Å². The Kier molecular flexibility index (Phi) is 5.08. The summed E-state index contributed by atoms with van der Waals surface area (Å²) in [6.07, 6.45) is 5.17. The van der Waals surface area contributed by atoms with E-state index in [0.717, 1.165) is 5.82 Å². The summed E-state index contributed by atoms with van der Waals surface area (Å²) in [6.45, 7) is 1.01. The molecule has 0 unspecified atom stereocenters. The maximum Gasteiger partial charge on any atom is 0.319 e. The fourth-order valence-corrected chi connectivity index (χ4v) is 2.40. The number of nitrogens with zero attached hydrogens (tertiary/aromatic N) is 3. The second kappa shape index (κ2) is 7.61. The normalized spacial score (nSPS) is 10.4. The van der Waals surface area contributed by atoms with Gasteiger partial charge in [0, 0.05) is 25.1 Å². The van der Waals surface area contributed by atoms with Crippen molar-refractivity contribution in [1.29, 1.82) is 0 Å². The molecule has 0 aliphatic rings. The van der Waals surface area contributed by atoms with Gasteiger partial charge in [-0.1, -0.05) is 41.9 Å². The molecule has 0 fully saturated rings. The molecule has 0 aliphatic heterocycles. The molecule has 2 amide bonds. The van der Waals surface area contributed by atoms with Crippen LogP contribution in [0.2, 0.25) is 5.15 Å². The molecular weight excluding hydrogens is 326 g/mol. The summed E-state index contributed by atoms with van der Waals surface area (Å²) in [5, 5.41) is 5.68. The minimum Gasteiger partial charge on any atom is -0.331 e. The predicted molar refractivity (Wildman–Crippen MR) is 92.9 cm³/mol. The van der Waals surface area contributed by atoms with Crippen molar-refractivity contribution < 1.29 is 4.79 Å². The van der Waals surface area contributed by atoms with Crippen LogP contribution in [-0.4, -0.2) is 20.6 Å². The summed E-state index contributed by atoms with van der Waals surface area (Å²) < 4.78 is 1.99. The van der Waals surface area contributed by atoms with Crippen molar-refractivity contribution >= 4 is 23.3 Å². The summed E-state index contributed by atoms with van der Waals surface area (Å²) in [7, 11) is 0. The van der Waals surface area contributed by atoms with Crippen LogP contribution < -0.4 is 10.6 Å². The molecule has 0 saturated carbocycles. The van der Waals surface area contributed by atoms with Crippen molar-refractivity contribution in [3.63, 3.8) is 0 Å². The van der Waals surface area contributed by atoms with Crippen molar-refractivity contribution in [3.05, 3.63) is 77.6 Å². The number of rotatable bonds is 5. The van der Waals surface area contributed by atoms with Gasteiger partial charge in [-0.2, -0.15) is 0 Å². The van der Waals surface area contributed by atoms with Gasteiger partial charge in [0.15, 0.2) is 5.15 Å². The summed E-state index contributed by atoms with van der Waals surface area (Å²) >= 11 is 5.91. The van der Waals surface area contributed by atoms with Crippen LogP contribution in [0.3, 0.4) is 0 Å². The van der Waals surface area contributed by atoms with Crippen LogP contribution >= 0.6 is 11.6 Å². The molecule has 0 atom stereocenters. The fourth-order valence-electron chi connectivity index (χ4n) is 2.24. The van der Waals surface area contributed by atoms with E-state index < -0.39 is 0 Å². The zero-order valence-electron chi connectivity index (χ0n) is 12.8. The van der Waals surface area contributed by atoms with Crippen LogP contribution in [0, 0.1) is 0 Å². The predicted octanol–water partition coefficient (Wildman–Crippen LogP) is 3.30. The molecule has 2 aromatic heterocycles. The molecule has 2 N–H and O–H groups in total. The van der Waals surface area contributed by atoms with E-state index >= 15 is 0 Å². The quantitative estimate of drug-likeness (QED) is 0.699. The number of amides is 2. The van der Waals surface area contributed by atoms with Crippen molar-refractivity contribution in [3.8, 4) is 0 Å². The Balaban J connectivity index is 1.58. The first-order chi connectivity index (χ1) is 11.7. The van der Waals surface area contributed by atoms with Gasteiger partial charge in [0.05, 0.1) is 12.2 Å². The highest BCUT2D eigenvalue weighted by molar-refractivity contribution is 6.32. The zero-order valence-corrected chi connectivity index (χ0v) is 13.6. The Morgan fingerprint density at radius 3 is 2.71 bits per heavy atom. The van der Waals surface area contributed by atoms with E-state index in [9.17, 15) is 4.79 Å². The second-order valence-corrected chi connectivity index (χ2v) is 5.46. The highest BCUT2D eigenvalue weighted by atomic mass is 35.5. The number of aromatic nitrogens is 3. The number of nitrogens with one attached hydrogen (secondary N) is 2. The number of anilines is 1. The Morgan fingerprint density at radius 2 is 1.92 bits per heavy atom. The van der Waals surface area contributed by atoms with Gasteiger partial charge in [-0.15, -0.1) is 0 Å². The van der Waals surface area contributed by atoms with Crippen molar-refractivity contribution in [1.82, 2.24) is 19.9 Å². The maximum absolute atomic E-state index is 12.0. The van der Waals surface area contributed by atoms with E-state index in [4.69, 9.17) is 11.6 Å². The van der Waals surface area contributed by atoms with Crippen LogP contribution in [0.25, 0.3) is 0 Å². The summed E-state index contributed by atoms with van der Waals surface area (Å²) in [5.41, 5.74) is 1.63. The highest BCUT2D eigenvalue weighted by Crippen LogP contribution is 2.17. The molecule has 7 heteroatoms. The largest absolute Gasteiger partial charge is 0.331 e.